The van der Waals surface area contributed by atoms with E-state index in [4.69, 9.17) is 13.9 Å². The molecule has 0 aliphatic carbocycles. The van der Waals surface area contributed by atoms with Gasteiger partial charge in [-0.15, -0.1) is 0 Å². The number of carbonyl (C=O) groups excluding carboxylic acids is 1. The minimum Gasteiger partial charge on any atom is -0.466 e. The maximum atomic E-state index is 11.5. The number of rotatable bonds is 5. The molecule has 0 aliphatic rings. The van der Waals surface area contributed by atoms with Crippen LogP contribution >= 0.6 is 0 Å². The van der Waals surface area contributed by atoms with Crippen LogP contribution in [0.3, 0.4) is 0 Å². The lowest BCUT2D eigenvalue weighted by molar-refractivity contribution is 0.0333. The monoisotopic (exact) mass is 212 g/mol. The Labute approximate surface area is 89.2 Å². The zero-order valence-electron chi connectivity index (χ0n) is 9.33. The fourth-order valence-electron chi connectivity index (χ4n) is 1.25. The molecule has 4 heteroatoms. The van der Waals surface area contributed by atoms with Gasteiger partial charge in [-0.25, -0.2) is 4.79 Å². The second-order valence-electron chi connectivity index (χ2n) is 3.16. The van der Waals surface area contributed by atoms with Crippen molar-refractivity contribution in [2.45, 2.75) is 20.8 Å². The SMILES string of the molecule is CCOCCOC(=O)c1cc(C)oc1C. The van der Waals surface area contributed by atoms with E-state index in [0.29, 0.717) is 30.3 Å². The average Bonchev–Trinajstić information content (AvgIpc) is 2.52. The molecule has 84 valence electrons. The van der Waals surface area contributed by atoms with Gasteiger partial charge in [-0.2, -0.15) is 0 Å². The summed E-state index contributed by atoms with van der Waals surface area (Å²) in [4.78, 5) is 11.5. The van der Waals surface area contributed by atoms with E-state index in [1.807, 2.05) is 6.92 Å². The van der Waals surface area contributed by atoms with Gasteiger partial charge in [-0.1, -0.05) is 0 Å². The van der Waals surface area contributed by atoms with Crippen LogP contribution in [-0.2, 0) is 9.47 Å². The highest BCUT2D eigenvalue weighted by Crippen LogP contribution is 2.14. The molecule has 0 aromatic carbocycles. The van der Waals surface area contributed by atoms with Crippen molar-refractivity contribution in [3.8, 4) is 0 Å². The van der Waals surface area contributed by atoms with Crippen LogP contribution in [0.15, 0.2) is 10.5 Å². The number of esters is 1. The van der Waals surface area contributed by atoms with Crippen LogP contribution in [0, 0.1) is 13.8 Å². The molecule has 1 aromatic heterocycles. The quantitative estimate of drug-likeness (QED) is 0.554. The minimum atomic E-state index is -0.357. The van der Waals surface area contributed by atoms with Gasteiger partial charge in [-0.05, 0) is 26.8 Å². The van der Waals surface area contributed by atoms with Crippen LogP contribution in [0.25, 0.3) is 0 Å². The smallest absolute Gasteiger partial charge is 0.341 e. The van der Waals surface area contributed by atoms with Crippen molar-refractivity contribution in [2.75, 3.05) is 19.8 Å². The normalized spacial score (nSPS) is 10.3. The number of hydrogen-bond acceptors (Lipinski definition) is 4. The maximum absolute atomic E-state index is 11.5. The largest absolute Gasteiger partial charge is 0.466 e. The van der Waals surface area contributed by atoms with E-state index in [0.717, 1.165) is 0 Å². The third-order valence-corrected chi connectivity index (χ3v) is 1.93. The highest BCUT2D eigenvalue weighted by atomic mass is 16.6. The minimum absolute atomic E-state index is 0.274. The molecular weight excluding hydrogens is 196 g/mol. The van der Waals surface area contributed by atoms with Gasteiger partial charge in [0.1, 0.15) is 23.7 Å². The number of ether oxygens (including phenoxy) is 2. The second kappa shape index (κ2) is 5.56. The molecule has 0 unspecified atom stereocenters. The van der Waals surface area contributed by atoms with Crippen molar-refractivity contribution in [3.05, 3.63) is 23.2 Å². The maximum Gasteiger partial charge on any atom is 0.341 e. The molecule has 0 saturated carbocycles. The number of aryl methyl sites for hydroxylation is 2. The summed E-state index contributed by atoms with van der Waals surface area (Å²) in [6.07, 6.45) is 0. The molecule has 1 rings (SSSR count). The first-order valence-corrected chi connectivity index (χ1v) is 4.97. The van der Waals surface area contributed by atoms with Crippen LogP contribution in [-0.4, -0.2) is 25.8 Å². The Hall–Kier alpha value is -1.29. The zero-order valence-corrected chi connectivity index (χ0v) is 9.33. The third kappa shape index (κ3) is 3.40. The van der Waals surface area contributed by atoms with Gasteiger partial charge in [-0.3, -0.25) is 0 Å². The van der Waals surface area contributed by atoms with E-state index in [2.05, 4.69) is 0 Å². The zero-order chi connectivity index (χ0) is 11.3. The van der Waals surface area contributed by atoms with Crippen molar-refractivity contribution in [1.29, 1.82) is 0 Å². The number of furan rings is 1. The molecule has 0 atom stereocenters. The highest BCUT2D eigenvalue weighted by molar-refractivity contribution is 5.90. The van der Waals surface area contributed by atoms with Gasteiger partial charge < -0.3 is 13.9 Å². The van der Waals surface area contributed by atoms with Crippen molar-refractivity contribution in [2.24, 2.45) is 0 Å². The summed E-state index contributed by atoms with van der Waals surface area (Å²) in [5.74, 6) is 0.947. The first kappa shape index (κ1) is 11.8. The van der Waals surface area contributed by atoms with Crippen LogP contribution in [0.4, 0.5) is 0 Å². The predicted octanol–water partition coefficient (Wildman–Crippen LogP) is 2.09. The Bertz CT molecular complexity index is 327. The topological polar surface area (TPSA) is 48.7 Å². The lowest BCUT2D eigenvalue weighted by atomic mass is 10.2. The lowest BCUT2D eigenvalue weighted by Gasteiger charge is -2.03. The van der Waals surface area contributed by atoms with Crippen molar-refractivity contribution in [3.63, 3.8) is 0 Å². The first-order valence-electron chi connectivity index (χ1n) is 4.97. The second-order valence-corrected chi connectivity index (χ2v) is 3.16. The van der Waals surface area contributed by atoms with Gasteiger partial charge in [0.25, 0.3) is 0 Å². The van der Waals surface area contributed by atoms with Gasteiger partial charge in [0.15, 0.2) is 0 Å². The molecule has 0 fully saturated rings. The van der Waals surface area contributed by atoms with Crippen LogP contribution < -0.4 is 0 Å². The summed E-state index contributed by atoms with van der Waals surface area (Å²) in [6.45, 7) is 6.76. The Morgan fingerprint density at radius 2 is 2.13 bits per heavy atom. The molecule has 0 radical (unpaired) electrons. The van der Waals surface area contributed by atoms with Gasteiger partial charge in [0.2, 0.25) is 0 Å². The van der Waals surface area contributed by atoms with Gasteiger partial charge >= 0.3 is 5.97 Å². The summed E-state index contributed by atoms with van der Waals surface area (Å²) in [6, 6.07) is 1.68. The molecule has 4 nitrogen and oxygen atoms in total. The molecule has 1 heterocycles. The van der Waals surface area contributed by atoms with Crippen molar-refractivity contribution >= 4 is 5.97 Å². The average molecular weight is 212 g/mol. The summed E-state index contributed by atoms with van der Waals surface area (Å²) >= 11 is 0. The molecule has 0 amide bonds. The fourth-order valence-corrected chi connectivity index (χ4v) is 1.25. The predicted molar refractivity (Wildman–Crippen MR) is 55.0 cm³/mol. The molecule has 0 bridgehead atoms. The number of hydrogen-bond donors (Lipinski definition) is 0. The van der Waals surface area contributed by atoms with Crippen LogP contribution in [0.2, 0.25) is 0 Å². The fraction of sp³-hybridized carbons (Fsp3) is 0.545. The first-order chi connectivity index (χ1) is 7.15. The van der Waals surface area contributed by atoms with Crippen molar-refractivity contribution in [1.82, 2.24) is 0 Å². The molecule has 1 aromatic rings. The Balaban J connectivity index is 2.43. The summed E-state index contributed by atoms with van der Waals surface area (Å²) < 4.78 is 15.3. The van der Waals surface area contributed by atoms with E-state index >= 15 is 0 Å². The summed E-state index contributed by atoms with van der Waals surface area (Å²) in [5, 5.41) is 0. The van der Waals surface area contributed by atoms with Gasteiger partial charge in [0, 0.05) is 6.61 Å². The standard InChI is InChI=1S/C11H16O4/c1-4-13-5-6-14-11(12)10-7-8(2)15-9(10)3/h7H,4-6H2,1-3H3. The van der Waals surface area contributed by atoms with E-state index in [9.17, 15) is 4.79 Å². The third-order valence-electron chi connectivity index (χ3n) is 1.93. The molecular formula is C11H16O4. The van der Waals surface area contributed by atoms with Crippen molar-refractivity contribution < 1.29 is 18.7 Å². The summed E-state index contributed by atoms with van der Waals surface area (Å²) in [5.41, 5.74) is 0.490. The Kier molecular flexibility index (Phi) is 4.37. The lowest BCUT2D eigenvalue weighted by Crippen LogP contribution is -2.10. The molecule has 0 aliphatic heterocycles. The van der Waals surface area contributed by atoms with E-state index in [1.54, 1.807) is 19.9 Å². The molecule has 0 saturated heterocycles. The van der Waals surface area contributed by atoms with Gasteiger partial charge in [0.05, 0.1) is 6.61 Å². The Morgan fingerprint density at radius 3 is 2.67 bits per heavy atom. The van der Waals surface area contributed by atoms with Crippen LogP contribution in [0.5, 0.6) is 0 Å². The molecule has 0 spiro atoms. The molecule has 0 N–H and O–H groups in total. The van der Waals surface area contributed by atoms with Crippen LogP contribution in [0.1, 0.15) is 28.8 Å². The Morgan fingerprint density at radius 1 is 1.40 bits per heavy atom. The molecule has 15 heavy (non-hydrogen) atoms. The van der Waals surface area contributed by atoms with E-state index in [1.165, 1.54) is 0 Å². The number of carbonyl (C=O) groups is 1. The van der Waals surface area contributed by atoms with E-state index in [-0.39, 0.29) is 12.6 Å². The van der Waals surface area contributed by atoms with E-state index < -0.39 is 0 Å². The summed E-state index contributed by atoms with van der Waals surface area (Å²) in [7, 11) is 0. The highest BCUT2D eigenvalue weighted by Gasteiger charge is 2.14.